The number of nitriles is 1. The molecule has 8 heteroatoms. The van der Waals surface area contributed by atoms with E-state index in [1.807, 2.05) is 48.5 Å². The molecule has 1 heterocycles. The average molecular weight is 520 g/mol. The molecule has 5 aromatic rings. The number of Topliss-reactive ketones (excluding diaryl/α,β-unsaturated/α-hetero) is 1. The molecular weight excluding hydrogens is 498 g/mol. The van der Waals surface area contributed by atoms with Gasteiger partial charge in [-0.3, -0.25) is 9.35 Å². The van der Waals surface area contributed by atoms with Gasteiger partial charge in [0.05, 0.1) is 22.6 Å². The van der Waals surface area contributed by atoms with E-state index < -0.39 is 15.4 Å². The zero-order valence-corrected chi connectivity index (χ0v) is 20.9. The molecule has 186 valence electrons. The lowest BCUT2D eigenvalue weighted by Crippen LogP contribution is -2.31. The second kappa shape index (κ2) is 9.14. The van der Waals surface area contributed by atoms with Crippen LogP contribution >= 0.6 is 0 Å². The lowest BCUT2D eigenvalue weighted by Gasteiger charge is -2.24. The number of aromatic nitrogens is 2. The van der Waals surface area contributed by atoms with Gasteiger partial charge in [0.2, 0.25) is 0 Å². The lowest BCUT2D eigenvalue weighted by molar-refractivity contribution is 0.0974. The number of fused-ring (bicyclic) bond motifs is 5. The molecule has 1 aliphatic rings. The van der Waals surface area contributed by atoms with E-state index in [0.29, 0.717) is 34.6 Å². The fourth-order valence-electron chi connectivity index (χ4n) is 5.29. The third kappa shape index (κ3) is 4.22. The number of hydrogen-bond acceptors (Lipinski definition) is 6. The summed E-state index contributed by atoms with van der Waals surface area (Å²) < 4.78 is 33.4. The monoisotopic (exact) mass is 519 g/mol. The van der Waals surface area contributed by atoms with Crippen molar-refractivity contribution in [2.75, 3.05) is 0 Å². The summed E-state index contributed by atoms with van der Waals surface area (Å²) in [4.78, 5) is 22.7. The summed E-state index contributed by atoms with van der Waals surface area (Å²) in [7, 11) is -4.35. The second-order valence-corrected chi connectivity index (χ2v) is 11.2. The van der Waals surface area contributed by atoms with Gasteiger partial charge in [-0.05, 0) is 58.0 Å². The minimum atomic E-state index is -4.35. The van der Waals surface area contributed by atoms with E-state index >= 15 is 0 Å². The Morgan fingerprint density at radius 1 is 0.974 bits per heavy atom. The highest BCUT2D eigenvalue weighted by Gasteiger charge is 2.34. The maximum absolute atomic E-state index is 13.4. The molecule has 0 amide bonds. The van der Waals surface area contributed by atoms with Crippen LogP contribution in [0.5, 0.6) is 0 Å². The highest BCUT2D eigenvalue weighted by atomic mass is 32.2. The maximum atomic E-state index is 13.4. The first-order valence-corrected chi connectivity index (χ1v) is 13.6. The molecule has 1 aliphatic carbocycles. The number of carbonyl (C=O) groups excluding carboxylic acids is 1. The fourth-order valence-corrected chi connectivity index (χ4v) is 6.04. The summed E-state index contributed by atoms with van der Waals surface area (Å²) in [6, 6.07) is 24.8. The summed E-state index contributed by atoms with van der Waals surface area (Å²) in [6.07, 6.45) is 1.95. The van der Waals surface area contributed by atoms with Crippen LogP contribution in [0.1, 0.15) is 39.3 Å². The smallest absolute Gasteiger partial charge is 0.268 e. The standard InChI is InChI=1S/C30H21N3O4S/c31-17-19-7-5-18(6-8-19)13-28-32-12-11-26(33-28)25-15-20-3-1-2-4-23(20)24-10-9-21-14-22(38(35,36)37)16-27(34)29(21)30(24)25/h1-12,15,22H,13-14,16H2,(H,35,36,37). The first-order chi connectivity index (χ1) is 18.3. The molecule has 0 radical (unpaired) electrons. The van der Waals surface area contributed by atoms with Gasteiger partial charge in [-0.15, -0.1) is 0 Å². The molecule has 1 atom stereocenters. The number of hydrogen-bond donors (Lipinski definition) is 1. The molecule has 0 aliphatic heterocycles. The van der Waals surface area contributed by atoms with Gasteiger partial charge < -0.3 is 0 Å². The number of carbonyl (C=O) groups is 1. The molecule has 1 unspecified atom stereocenters. The molecule has 4 aromatic carbocycles. The van der Waals surface area contributed by atoms with Crippen molar-refractivity contribution in [3.8, 4) is 17.3 Å². The van der Waals surface area contributed by atoms with Crippen LogP contribution in [0.2, 0.25) is 0 Å². The zero-order chi connectivity index (χ0) is 26.4. The number of nitrogens with zero attached hydrogens (tertiary/aromatic N) is 3. The topological polar surface area (TPSA) is 121 Å². The Morgan fingerprint density at radius 2 is 1.76 bits per heavy atom. The largest absolute Gasteiger partial charge is 0.294 e. The fraction of sp³-hybridized carbons (Fsp3) is 0.133. The molecule has 1 aromatic heterocycles. The summed E-state index contributed by atoms with van der Waals surface area (Å²) in [6.45, 7) is 0. The van der Waals surface area contributed by atoms with Crippen LogP contribution in [0.3, 0.4) is 0 Å². The van der Waals surface area contributed by atoms with Crippen molar-refractivity contribution >= 4 is 37.4 Å². The maximum Gasteiger partial charge on any atom is 0.268 e. The van der Waals surface area contributed by atoms with Crippen molar-refractivity contribution in [1.29, 1.82) is 5.26 Å². The van der Waals surface area contributed by atoms with Crippen LogP contribution in [0.15, 0.2) is 79.0 Å². The molecule has 0 saturated heterocycles. The summed E-state index contributed by atoms with van der Waals surface area (Å²) in [5.41, 5.74) is 4.04. The van der Waals surface area contributed by atoms with Crippen LogP contribution in [0, 0.1) is 11.3 Å². The van der Waals surface area contributed by atoms with Gasteiger partial charge in [-0.1, -0.05) is 48.5 Å². The van der Waals surface area contributed by atoms with E-state index in [1.165, 1.54) is 0 Å². The van der Waals surface area contributed by atoms with E-state index in [0.717, 1.165) is 32.7 Å². The Labute approximate surface area is 219 Å². The van der Waals surface area contributed by atoms with Gasteiger partial charge in [-0.25, -0.2) is 9.97 Å². The lowest BCUT2D eigenvalue weighted by atomic mass is 9.83. The van der Waals surface area contributed by atoms with Gasteiger partial charge in [0.1, 0.15) is 5.82 Å². The van der Waals surface area contributed by atoms with Gasteiger partial charge in [0, 0.05) is 35.6 Å². The van der Waals surface area contributed by atoms with E-state index in [-0.39, 0.29) is 18.6 Å². The van der Waals surface area contributed by atoms with Crippen LogP contribution in [-0.2, 0) is 23.0 Å². The van der Waals surface area contributed by atoms with Gasteiger partial charge in [0.15, 0.2) is 5.78 Å². The predicted octanol–water partition coefficient (Wildman–Crippen LogP) is 5.30. The molecule has 0 fully saturated rings. The van der Waals surface area contributed by atoms with Crippen molar-refractivity contribution in [2.24, 2.45) is 0 Å². The Balaban J connectivity index is 1.55. The van der Waals surface area contributed by atoms with E-state index in [2.05, 4.69) is 11.1 Å². The van der Waals surface area contributed by atoms with Gasteiger partial charge >= 0.3 is 0 Å². The molecular formula is C30H21N3O4S. The van der Waals surface area contributed by atoms with E-state index in [9.17, 15) is 17.8 Å². The highest BCUT2D eigenvalue weighted by molar-refractivity contribution is 7.86. The number of benzene rings is 4. The molecule has 7 nitrogen and oxygen atoms in total. The SMILES string of the molecule is N#Cc1ccc(Cc2nccc(-c3cc4ccccc4c4ccc5c(c34)C(=O)CC(S(=O)(=O)O)C5)n2)cc1. The molecule has 0 saturated carbocycles. The van der Waals surface area contributed by atoms with Gasteiger partial charge in [0.25, 0.3) is 10.1 Å². The van der Waals surface area contributed by atoms with E-state index in [1.54, 1.807) is 30.5 Å². The number of ketones is 1. The van der Waals surface area contributed by atoms with Crippen molar-refractivity contribution in [3.05, 3.63) is 107 Å². The van der Waals surface area contributed by atoms with Gasteiger partial charge in [-0.2, -0.15) is 13.7 Å². The van der Waals surface area contributed by atoms with Crippen LogP contribution in [-0.4, -0.2) is 34.0 Å². The first-order valence-electron chi connectivity index (χ1n) is 12.1. The van der Waals surface area contributed by atoms with E-state index in [4.69, 9.17) is 10.2 Å². The van der Waals surface area contributed by atoms with Crippen molar-refractivity contribution in [3.63, 3.8) is 0 Å². The van der Waals surface area contributed by atoms with Crippen LogP contribution < -0.4 is 0 Å². The zero-order valence-electron chi connectivity index (χ0n) is 20.1. The third-order valence-corrected chi connectivity index (χ3v) is 8.28. The van der Waals surface area contributed by atoms with Crippen molar-refractivity contribution in [2.45, 2.75) is 24.5 Å². The minimum Gasteiger partial charge on any atom is -0.294 e. The molecule has 0 spiro atoms. The summed E-state index contributed by atoms with van der Waals surface area (Å²) in [5, 5.41) is 11.5. The molecule has 38 heavy (non-hydrogen) atoms. The Morgan fingerprint density at radius 3 is 2.53 bits per heavy atom. The number of rotatable bonds is 4. The highest BCUT2D eigenvalue weighted by Crippen LogP contribution is 2.40. The normalized spacial score (nSPS) is 15.4. The first kappa shape index (κ1) is 23.9. The van der Waals surface area contributed by atoms with Crippen molar-refractivity contribution in [1.82, 2.24) is 9.97 Å². The minimum absolute atomic E-state index is 0.0653. The van der Waals surface area contributed by atoms with Crippen LogP contribution in [0.25, 0.3) is 32.8 Å². The quantitative estimate of drug-likeness (QED) is 0.253. The second-order valence-electron chi connectivity index (χ2n) is 9.48. The van der Waals surface area contributed by atoms with Crippen molar-refractivity contribution < 1.29 is 17.8 Å². The molecule has 0 bridgehead atoms. The third-order valence-electron chi connectivity index (χ3n) is 7.10. The Kier molecular flexibility index (Phi) is 5.75. The molecule has 1 N–H and O–H groups in total. The predicted molar refractivity (Wildman–Crippen MR) is 144 cm³/mol. The Bertz CT molecular complexity index is 1910. The summed E-state index contributed by atoms with van der Waals surface area (Å²) in [5.74, 6) is 0.277. The summed E-state index contributed by atoms with van der Waals surface area (Å²) >= 11 is 0. The average Bonchev–Trinajstić information content (AvgIpc) is 2.92. The Hall–Kier alpha value is -4.45. The van der Waals surface area contributed by atoms with Crippen LogP contribution in [0.4, 0.5) is 0 Å². The molecule has 6 rings (SSSR count).